The Balaban J connectivity index is 1.70. The Morgan fingerprint density at radius 1 is 1.27 bits per heavy atom. The van der Waals surface area contributed by atoms with E-state index in [1.165, 1.54) is 0 Å². The number of rotatable bonds is 11. The summed E-state index contributed by atoms with van der Waals surface area (Å²) >= 11 is 13.6. The molecule has 0 aliphatic carbocycles. The predicted octanol–water partition coefficient (Wildman–Crippen LogP) is 5.62. The van der Waals surface area contributed by atoms with Gasteiger partial charge in [0.2, 0.25) is 0 Å². The highest BCUT2D eigenvalue weighted by Crippen LogP contribution is 2.37. The summed E-state index contributed by atoms with van der Waals surface area (Å²) in [5.41, 5.74) is 3.05. The van der Waals surface area contributed by atoms with Gasteiger partial charge in [0.15, 0.2) is 5.82 Å². The molecule has 10 nitrogen and oxygen atoms in total. The summed E-state index contributed by atoms with van der Waals surface area (Å²) in [6, 6.07) is 5.21. The molecule has 12 heteroatoms. The quantitative estimate of drug-likeness (QED) is 0.286. The molecule has 1 saturated heterocycles. The van der Waals surface area contributed by atoms with Crippen LogP contribution in [0.5, 0.6) is 5.75 Å². The van der Waals surface area contributed by atoms with Gasteiger partial charge >= 0.3 is 6.09 Å². The zero-order valence-corrected chi connectivity index (χ0v) is 25.4. The van der Waals surface area contributed by atoms with Crippen molar-refractivity contribution in [1.29, 1.82) is 0 Å². The third-order valence-corrected chi connectivity index (χ3v) is 7.82. The van der Waals surface area contributed by atoms with Crippen LogP contribution in [0.4, 0.5) is 4.79 Å². The van der Waals surface area contributed by atoms with E-state index in [2.05, 4.69) is 10.5 Å². The van der Waals surface area contributed by atoms with E-state index in [0.717, 1.165) is 19.3 Å². The van der Waals surface area contributed by atoms with Crippen LogP contribution in [-0.2, 0) is 11.2 Å². The number of aliphatic hydroxyl groups is 1. The fraction of sp³-hybridized carbons (Fsp3) is 0.517. The van der Waals surface area contributed by atoms with Crippen molar-refractivity contribution in [2.75, 3.05) is 33.4 Å². The fourth-order valence-corrected chi connectivity index (χ4v) is 5.55. The second-order valence-corrected chi connectivity index (χ2v) is 10.9. The molecule has 0 spiro atoms. The molecule has 0 unspecified atom stereocenters. The number of aromatic nitrogens is 3. The number of likely N-dealkylation sites (N-methyl/N-ethyl adjacent to an activating group) is 1. The van der Waals surface area contributed by atoms with Crippen molar-refractivity contribution in [3.05, 3.63) is 45.4 Å². The van der Waals surface area contributed by atoms with Gasteiger partial charge in [-0.25, -0.2) is 14.8 Å². The number of nitrogens with zero attached hydrogens (tertiary/aromatic N) is 4. The molecular weight excluding hydrogens is 569 g/mol. The number of carbonyl (C=O) groups excluding carboxylic acids is 1. The third kappa shape index (κ3) is 7.48. The summed E-state index contributed by atoms with van der Waals surface area (Å²) in [6.07, 6.45) is 3.09. The number of ether oxygens (including phenoxy) is 2. The fourth-order valence-electron chi connectivity index (χ4n) is 5.07. The molecule has 0 radical (unpaired) electrons. The molecule has 41 heavy (non-hydrogen) atoms. The molecule has 0 saturated carbocycles. The maximum Gasteiger partial charge on any atom is 0.409 e. The van der Waals surface area contributed by atoms with E-state index >= 15 is 0 Å². The van der Waals surface area contributed by atoms with Gasteiger partial charge in [0.25, 0.3) is 0 Å². The number of likely N-dealkylation sites (tertiary alicyclic amines) is 1. The molecule has 3 aromatic rings. The second-order valence-electron chi connectivity index (χ2n) is 10.1. The van der Waals surface area contributed by atoms with Crippen molar-refractivity contribution in [2.24, 2.45) is 0 Å². The van der Waals surface area contributed by atoms with Gasteiger partial charge in [-0.2, -0.15) is 0 Å². The van der Waals surface area contributed by atoms with Gasteiger partial charge < -0.3 is 29.3 Å². The molecule has 2 aromatic heterocycles. The number of hydrogen-bond acceptors (Lipinski definition) is 9. The van der Waals surface area contributed by atoms with Crippen LogP contribution in [0, 0.1) is 13.8 Å². The van der Waals surface area contributed by atoms with Crippen LogP contribution in [-0.4, -0.2) is 76.7 Å². The Morgan fingerprint density at radius 3 is 2.78 bits per heavy atom. The minimum Gasteiger partial charge on any atom is -0.491 e. The highest BCUT2D eigenvalue weighted by molar-refractivity contribution is 6.34. The van der Waals surface area contributed by atoms with Gasteiger partial charge in [-0.3, -0.25) is 0 Å². The number of nitrogens with one attached hydrogen (secondary N) is 1. The summed E-state index contributed by atoms with van der Waals surface area (Å²) in [7, 11) is 1.76. The van der Waals surface area contributed by atoms with Crippen LogP contribution in [0.2, 0.25) is 10.0 Å². The molecule has 2 atom stereocenters. The van der Waals surface area contributed by atoms with Gasteiger partial charge in [0.05, 0.1) is 39.3 Å². The average Bonchev–Trinajstić information content (AvgIpc) is 3.29. The minimum atomic E-state index is -0.669. The molecule has 1 aromatic carbocycles. The SMILES string of the molecule is CCOC(=O)N1CCCC[C@@H]1CCc1nc(-c2cc(OC[C@H](O)CNC)ccc2Cl)nc(-c2c(C)noc2C)c1Cl. The number of aryl methyl sites for hydroxylation is 3. The molecular formula is C29H37Cl2N5O5. The summed E-state index contributed by atoms with van der Waals surface area (Å²) in [5, 5.41) is 17.9. The molecule has 222 valence electrons. The van der Waals surface area contributed by atoms with Gasteiger partial charge in [0.1, 0.15) is 24.2 Å². The molecule has 1 aliphatic rings. The summed E-state index contributed by atoms with van der Waals surface area (Å²) < 4.78 is 16.5. The number of halogens is 2. The number of benzene rings is 1. The van der Waals surface area contributed by atoms with Crippen molar-refractivity contribution >= 4 is 29.3 Å². The Kier molecular flexibility index (Phi) is 10.8. The van der Waals surface area contributed by atoms with Gasteiger partial charge in [0, 0.05) is 24.7 Å². The van der Waals surface area contributed by atoms with Crippen LogP contribution in [0.1, 0.15) is 49.8 Å². The van der Waals surface area contributed by atoms with E-state index in [0.29, 0.717) is 88.1 Å². The molecule has 0 bridgehead atoms. The lowest BCUT2D eigenvalue weighted by Gasteiger charge is -2.35. The lowest BCUT2D eigenvalue weighted by atomic mass is 9.97. The first-order chi connectivity index (χ1) is 19.7. The van der Waals surface area contributed by atoms with Crippen molar-refractivity contribution < 1.29 is 23.9 Å². The largest absolute Gasteiger partial charge is 0.491 e. The Bertz CT molecular complexity index is 1330. The number of hydrogen-bond donors (Lipinski definition) is 2. The van der Waals surface area contributed by atoms with E-state index in [1.807, 2.05) is 25.7 Å². The van der Waals surface area contributed by atoms with Crippen molar-refractivity contribution in [2.45, 2.75) is 65.0 Å². The Morgan fingerprint density at radius 2 is 2.07 bits per heavy atom. The van der Waals surface area contributed by atoms with E-state index in [4.69, 9.17) is 47.2 Å². The Labute approximate surface area is 250 Å². The van der Waals surface area contributed by atoms with E-state index < -0.39 is 6.10 Å². The van der Waals surface area contributed by atoms with E-state index in [1.54, 1.807) is 25.2 Å². The molecule has 1 fully saturated rings. The van der Waals surface area contributed by atoms with Crippen LogP contribution >= 0.6 is 23.2 Å². The average molecular weight is 607 g/mol. The highest BCUT2D eigenvalue weighted by Gasteiger charge is 2.29. The summed E-state index contributed by atoms with van der Waals surface area (Å²) in [6.45, 7) is 6.97. The molecule has 4 rings (SSSR count). The number of piperidine rings is 1. The topological polar surface area (TPSA) is 123 Å². The zero-order valence-electron chi connectivity index (χ0n) is 23.9. The van der Waals surface area contributed by atoms with Gasteiger partial charge in [-0.15, -0.1) is 0 Å². The predicted molar refractivity (Wildman–Crippen MR) is 158 cm³/mol. The second kappa shape index (κ2) is 14.3. The zero-order chi connectivity index (χ0) is 29.5. The molecule has 3 heterocycles. The van der Waals surface area contributed by atoms with Crippen molar-refractivity contribution in [1.82, 2.24) is 25.3 Å². The molecule has 1 aliphatic heterocycles. The maximum atomic E-state index is 12.6. The van der Waals surface area contributed by atoms with E-state index in [-0.39, 0.29) is 18.7 Å². The lowest BCUT2D eigenvalue weighted by Crippen LogP contribution is -2.44. The van der Waals surface area contributed by atoms with Crippen molar-refractivity contribution in [3.8, 4) is 28.4 Å². The first kappa shape index (κ1) is 31.0. The summed E-state index contributed by atoms with van der Waals surface area (Å²) in [5.74, 6) is 1.48. The normalized spacial score (nSPS) is 16.1. The number of amides is 1. The van der Waals surface area contributed by atoms with Crippen LogP contribution in [0.25, 0.3) is 22.6 Å². The van der Waals surface area contributed by atoms with Crippen molar-refractivity contribution in [3.63, 3.8) is 0 Å². The first-order valence-corrected chi connectivity index (χ1v) is 14.7. The lowest BCUT2D eigenvalue weighted by molar-refractivity contribution is 0.0745. The standard InChI is InChI=1S/C29H37Cl2N5O5/c1-5-39-29(38)36-13-7-6-8-19(36)9-12-24-26(31)27(25-17(2)35-41-18(25)3)34-28(33-24)22-14-21(10-11-23(22)30)40-16-20(37)15-32-4/h10-11,14,19-20,32,37H,5-9,12-13,15-16H2,1-4H3/t19-,20-/m1/s1. The number of carbonyl (C=O) groups is 1. The maximum absolute atomic E-state index is 12.6. The highest BCUT2D eigenvalue weighted by atomic mass is 35.5. The summed E-state index contributed by atoms with van der Waals surface area (Å²) in [4.78, 5) is 24.1. The molecule has 2 N–H and O–H groups in total. The van der Waals surface area contributed by atoms with E-state index in [9.17, 15) is 9.90 Å². The van der Waals surface area contributed by atoms with Crippen LogP contribution < -0.4 is 10.1 Å². The smallest absolute Gasteiger partial charge is 0.409 e. The van der Waals surface area contributed by atoms with Crippen LogP contribution in [0.3, 0.4) is 0 Å². The Hall–Kier alpha value is -2.92. The van der Waals surface area contributed by atoms with Gasteiger partial charge in [-0.05, 0) is 78.1 Å². The van der Waals surface area contributed by atoms with Gasteiger partial charge in [-0.1, -0.05) is 28.4 Å². The molecule has 1 amide bonds. The third-order valence-electron chi connectivity index (χ3n) is 7.09. The minimum absolute atomic E-state index is 0.0177. The first-order valence-electron chi connectivity index (χ1n) is 13.9. The number of aliphatic hydroxyl groups excluding tert-OH is 1. The monoisotopic (exact) mass is 605 g/mol. The van der Waals surface area contributed by atoms with Crippen LogP contribution in [0.15, 0.2) is 22.7 Å².